The molecule has 2 unspecified atom stereocenters. The highest BCUT2D eigenvalue weighted by Crippen LogP contribution is 2.39. The fourth-order valence-electron chi connectivity index (χ4n) is 9.41. The van der Waals surface area contributed by atoms with E-state index in [0.29, 0.717) is 84.8 Å². The molecule has 334 valence electrons. The molecule has 7 heterocycles. The summed E-state index contributed by atoms with van der Waals surface area (Å²) < 4.78 is 57.6. The zero-order valence-corrected chi connectivity index (χ0v) is 35.5. The SMILES string of the molecule is Cn1nc(-c2ccc(NS(=O)C(F)F)c(F)c2)c2c(N)ncc(-c3cnn(C4CCN(C(=O)CCC5CCN(c6cccc7c6C(=O)N(C6CCC(=O)NC6=O)C7=O)CC5)CC4)c3)c21. The molecule has 64 heavy (non-hydrogen) atoms. The molecule has 2 atom stereocenters. The number of aryl methyl sites for hydroxylation is 1. The van der Waals surface area contributed by atoms with E-state index >= 15 is 0 Å². The van der Waals surface area contributed by atoms with Crippen molar-refractivity contribution in [3.63, 3.8) is 0 Å². The Bertz CT molecular complexity index is 2740. The number of halogens is 3. The molecule has 4 aliphatic rings. The van der Waals surface area contributed by atoms with Gasteiger partial charge in [-0.25, -0.2) is 13.6 Å². The lowest BCUT2D eigenvalue weighted by molar-refractivity contribution is -0.136. The van der Waals surface area contributed by atoms with Crippen molar-refractivity contribution in [2.45, 2.75) is 69.2 Å². The van der Waals surface area contributed by atoms with Gasteiger partial charge in [0.05, 0.1) is 45.6 Å². The smallest absolute Gasteiger partial charge is 0.330 e. The van der Waals surface area contributed by atoms with Gasteiger partial charge >= 0.3 is 5.76 Å². The zero-order valence-electron chi connectivity index (χ0n) is 34.6. The lowest BCUT2D eigenvalue weighted by Gasteiger charge is -2.35. The maximum absolute atomic E-state index is 15.0. The maximum Gasteiger partial charge on any atom is 0.330 e. The summed E-state index contributed by atoms with van der Waals surface area (Å²) in [6.07, 6.45) is 9.63. The molecule has 3 saturated heterocycles. The number of carbonyl (C=O) groups is 5. The number of nitrogen functional groups attached to an aromatic ring is 1. The number of anilines is 3. The van der Waals surface area contributed by atoms with Crippen LogP contribution in [0.25, 0.3) is 33.3 Å². The van der Waals surface area contributed by atoms with Gasteiger partial charge in [-0.05, 0) is 68.7 Å². The molecule has 4 N–H and O–H groups in total. The number of piperidine rings is 3. The molecule has 0 saturated carbocycles. The van der Waals surface area contributed by atoms with E-state index in [-0.39, 0.29) is 47.4 Å². The Morgan fingerprint density at radius 3 is 2.45 bits per heavy atom. The summed E-state index contributed by atoms with van der Waals surface area (Å²) in [5.41, 5.74) is 9.90. The Hall–Kier alpha value is -6.64. The van der Waals surface area contributed by atoms with Crippen molar-refractivity contribution >= 4 is 68.6 Å². The minimum absolute atomic E-state index is 0.0497. The molecule has 0 bridgehead atoms. The zero-order chi connectivity index (χ0) is 45.0. The van der Waals surface area contributed by atoms with Crippen LogP contribution in [-0.4, -0.2) is 106 Å². The summed E-state index contributed by atoms with van der Waals surface area (Å²) in [5.74, 6) is -5.62. The lowest BCUT2D eigenvalue weighted by atomic mass is 9.91. The molecule has 2 aromatic carbocycles. The van der Waals surface area contributed by atoms with Gasteiger partial charge < -0.3 is 15.5 Å². The van der Waals surface area contributed by atoms with Crippen LogP contribution in [0.4, 0.5) is 30.4 Å². The Balaban J connectivity index is 0.787. The van der Waals surface area contributed by atoms with E-state index in [0.717, 1.165) is 35.8 Å². The number of benzene rings is 2. The van der Waals surface area contributed by atoms with Crippen LogP contribution in [0.15, 0.2) is 55.0 Å². The normalized spacial score (nSPS) is 19.2. The Morgan fingerprint density at radius 1 is 0.969 bits per heavy atom. The van der Waals surface area contributed by atoms with Crippen molar-refractivity contribution in [1.82, 2.24) is 39.7 Å². The maximum atomic E-state index is 15.0. The van der Waals surface area contributed by atoms with Crippen molar-refractivity contribution in [1.29, 1.82) is 0 Å². The number of imide groups is 2. The van der Waals surface area contributed by atoms with Crippen LogP contribution in [0.1, 0.15) is 78.1 Å². The molecule has 0 radical (unpaired) electrons. The Labute approximate surface area is 366 Å². The molecule has 3 fully saturated rings. The van der Waals surface area contributed by atoms with Crippen molar-refractivity contribution < 1.29 is 41.4 Å². The Kier molecular flexibility index (Phi) is 11.4. The highest BCUT2D eigenvalue weighted by Gasteiger charge is 2.46. The molecule has 5 aromatic rings. The second-order valence-electron chi connectivity index (χ2n) is 16.5. The van der Waals surface area contributed by atoms with Gasteiger partial charge in [0.1, 0.15) is 23.4 Å². The molecular weight excluding hydrogens is 856 g/mol. The highest BCUT2D eigenvalue weighted by atomic mass is 32.2. The number of fused-ring (bicyclic) bond motifs is 2. The monoisotopic (exact) mass is 899 g/mol. The van der Waals surface area contributed by atoms with Gasteiger partial charge in [-0.3, -0.25) is 48.3 Å². The largest absolute Gasteiger partial charge is 0.383 e. The van der Waals surface area contributed by atoms with E-state index in [1.54, 1.807) is 36.3 Å². The number of carbonyl (C=O) groups excluding carboxylic acids is 5. The van der Waals surface area contributed by atoms with E-state index in [9.17, 15) is 41.4 Å². The number of pyridine rings is 1. The number of rotatable bonds is 11. The van der Waals surface area contributed by atoms with Crippen molar-refractivity contribution in [2.75, 3.05) is 41.5 Å². The number of alkyl halides is 2. The van der Waals surface area contributed by atoms with Gasteiger partial charge in [0.25, 0.3) is 11.8 Å². The van der Waals surface area contributed by atoms with Crippen molar-refractivity contribution in [3.8, 4) is 22.4 Å². The van der Waals surface area contributed by atoms with Crippen LogP contribution >= 0.6 is 0 Å². The van der Waals surface area contributed by atoms with Gasteiger partial charge in [0.2, 0.25) is 17.7 Å². The van der Waals surface area contributed by atoms with Crippen LogP contribution in [-0.2, 0) is 32.4 Å². The first kappa shape index (κ1) is 42.7. The predicted octanol–water partition coefficient (Wildman–Crippen LogP) is 4.78. The number of hydrogen-bond donors (Lipinski definition) is 3. The first-order valence-electron chi connectivity index (χ1n) is 21.1. The number of nitrogens with two attached hydrogens (primary N) is 1. The predicted molar refractivity (Wildman–Crippen MR) is 229 cm³/mol. The van der Waals surface area contributed by atoms with E-state index in [1.807, 2.05) is 26.6 Å². The van der Waals surface area contributed by atoms with E-state index < -0.39 is 52.2 Å². The molecule has 21 heteroatoms. The third kappa shape index (κ3) is 7.85. The minimum Gasteiger partial charge on any atom is -0.383 e. The first-order valence-corrected chi connectivity index (χ1v) is 22.3. The van der Waals surface area contributed by atoms with Gasteiger partial charge in [-0.15, -0.1) is 0 Å². The summed E-state index contributed by atoms with van der Waals surface area (Å²) in [5, 5.41) is 12.0. The van der Waals surface area contributed by atoms with Crippen LogP contribution in [0.5, 0.6) is 0 Å². The van der Waals surface area contributed by atoms with Crippen molar-refractivity contribution in [2.24, 2.45) is 13.0 Å². The van der Waals surface area contributed by atoms with E-state index in [2.05, 4.69) is 25.4 Å². The molecule has 17 nitrogen and oxygen atoms in total. The summed E-state index contributed by atoms with van der Waals surface area (Å²) in [4.78, 5) is 74.1. The lowest BCUT2D eigenvalue weighted by Crippen LogP contribution is -2.54. The van der Waals surface area contributed by atoms with Crippen LogP contribution in [0, 0.1) is 11.7 Å². The minimum atomic E-state index is -3.19. The van der Waals surface area contributed by atoms with Crippen LogP contribution in [0.3, 0.4) is 0 Å². The summed E-state index contributed by atoms with van der Waals surface area (Å²) in [6.45, 7) is 2.47. The molecule has 0 spiro atoms. The van der Waals surface area contributed by atoms with Crippen molar-refractivity contribution in [3.05, 3.63) is 71.9 Å². The number of nitrogens with zero attached hydrogens (tertiary/aromatic N) is 8. The average Bonchev–Trinajstić information content (AvgIpc) is 3.99. The van der Waals surface area contributed by atoms with E-state index in [4.69, 9.17) is 5.73 Å². The van der Waals surface area contributed by atoms with Gasteiger partial charge in [-0.1, -0.05) is 12.1 Å². The van der Waals surface area contributed by atoms with Gasteiger partial charge in [0.15, 0.2) is 11.0 Å². The topological polar surface area (TPSA) is 211 Å². The highest BCUT2D eigenvalue weighted by molar-refractivity contribution is 7.86. The number of aromatic nitrogens is 5. The molecule has 9 rings (SSSR count). The fourth-order valence-corrected chi connectivity index (χ4v) is 9.88. The third-order valence-corrected chi connectivity index (χ3v) is 13.5. The average molecular weight is 900 g/mol. The number of hydrogen-bond acceptors (Lipinski definition) is 11. The summed E-state index contributed by atoms with van der Waals surface area (Å²) in [7, 11) is -1.05. The summed E-state index contributed by atoms with van der Waals surface area (Å²) >= 11 is 0. The van der Waals surface area contributed by atoms with Gasteiger partial charge in [0, 0.05) is 75.2 Å². The molecule has 0 aliphatic carbocycles. The quantitative estimate of drug-likeness (QED) is 0.154. The third-order valence-electron chi connectivity index (χ3n) is 12.8. The van der Waals surface area contributed by atoms with Crippen LogP contribution < -0.4 is 20.7 Å². The summed E-state index contributed by atoms with van der Waals surface area (Å²) in [6, 6.07) is 7.97. The Morgan fingerprint density at radius 2 is 1.73 bits per heavy atom. The fraction of sp³-hybridized carbons (Fsp3) is 0.395. The second-order valence-corrected chi connectivity index (χ2v) is 17.7. The number of nitrogens with one attached hydrogen (secondary N) is 2. The first-order chi connectivity index (χ1) is 30.8. The molecule has 5 amide bonds. The van der Waals surface area contributed by atoms with Gasteiger partial charge in [-0.2, -0.15) is 19.0 Å². The standard InChI is InChI=1S/C43H44F3N11O6S/c1-53-38-28(21-48-39(47)36(38)37(51-53)24-6-7-30(29(44)19-24)52-64(63)43(45)46)25-20-49-56(22-25)26-13-17-55(18-14-26)34(59)10-5-23-11-15-54(16-12-23)31-4-2-3-27-35(31)42(62)57(41(27)61)32-8-9-33(58)50-40(32)60/h2-4,6-7,19-23,26,32,43,52H,5,8-18H2,1H3,(H2,47,48)(H,50,58,60). The number of likely N-dealkylation sites (tertiary alicyclic amines) is 1. The molecule has 4 aliphatic heterocycles. The van der Waals surface area contributed by atoms with Crippen LogP contribution in [0.2, 0.25) is 0 Å². The number of amides is 5. The van der Waals surface area contributed by atoms with E-state index in [1.165, 1.54) is 12.1 Å². The molecular formula is C43H44F3N11O6S. The second kappa shape index (κ2) is 17.1. The molecule has 3 aromatic heterocycles.